The molecule has 0 spiro atoms. The first-order valence-corrected chi connectivity index (χ1v) is 7.32. The summed E-state index contributed by atoms with van der Waals surface area (Å²) in [7, 11) is 0. The number of anilines is 2. The van der Waals surface area contributed by atoms with E-state index in [1.54, 1.807) is 12.1 Å². The molecule has 1 aliphatic carbocycles. The number of nitrogen functional groups attached to an aromatic ring is 1. The monoisotopic (exact) mass is 276 g/mol. The Morgan fingerprint density at radius 3 is 2.60 bits per heavy atom. The Morgan fingerprint density at radius 2 is 2.05 bits per heavy atom. The van der Waals surface area contributed by atoms with Crippen LogP contribution in [0.3, 0.4) is 0 Å². The van der Waals surface area contributed by atoms with Crippen LogP contribution in [-0.4, -0.2) is 23.5 Å². The van der Waals surface area contributed by atoms with Crippen molar-refractivity contribution in [3.63, 3.8) is 0 Å². The third-order valence-corrected chi connectivity index (χ3v) is 3.76. The van der Waals surface area contributed by atoms with Gasteiger partial charge >= 0.3 is 0 Å². The zero-order chi connectivity index (χ0) is 14.7. The van der Waals surface area contributed by atoms with Gasteiger partial charge in [0.25, 0.3) is 5.91 Å². The zero-order valence-corrected chi connectivity index (χ0v) is 12.3. The minimum absolute atomic E-state index is 0.279. The fourth-order valence-corrected chi connectivity index (χ4v) is 2.84. The Morgan fingerprint density at radius 1 is 1.40 bits per heavy atom. The van der Waals surface area contributed by atoms with Gasteiger partial charge in [-0.25, -0.2) is 4.98 Å². The Kier molecular flexibility index (Phi) is 4.47. The van der Waals surface area contributed by atoms with E-state index >= 15 is 0 Å². The van der Waals surface area contributed by atoms with Crippen LogP contribution in [0, 0.1) is 5.92 Å². The summed E-state index contributed by atoms with van der Waals surface area (Å²) in [4.78, 5) is 18.0. The normalized spacial score (nSPS) is 15.8. The van der Waals surface area contributed by atoms with Crippen molar-refractivity contribution in [1.29, 1.82) is 0 Å². The summed E-state index contributed by atoms with van der Waals surface area (Å²) in [6.45, 7) is 5.25. The minimum Gasteiger partial charge on any atom is -0.396 e. The van der Waals surface area contributed by atoms with Crippen molar-refractivity contribution >= 4 is 17.4 Å². The first-order valence-electron chi connectivity index (χ1n) is 7.32. The largest absolute Gasteiger partial charge is 0.396 e. The van der Waals surface area contributed by atoms with Gasteiger partial charge in [0.05, 0.1) is 5.69 Å². The van der Waals surface area contributed by atoms with Crippen LogP contribution in [0.4, 0.5) is 11.5 Å². The Balaban J connectivity index is 2.36. The van der Waals surface area contributed by atoms with Gasteiger partial charge in [0.2, 0.25) is 0 Å². The van der Waals surface area contributed by atoms with Gasteiger partial charge in [0.15, 0.2) is 5.82 Å². The van der Waals surface area contributed by atoms with Crippen LogP contribution in [-0.2, 0) is 0 Å². The van der Waals surface area contributed by atoms with Crippen LogP contribution in [0.2, 0.25) is 0 Å². The van der Waals surface area contributed by atoms with Crippen LogP contribution < -0.4 is 16.4 Å². The average molecular weight is 276 g/mol. The van der Waals surface area contributed by atoms with Crippen molar-refractivity contribution in [3.05, 3.63) is 17.8 Å². The number of nitrogens with two attached hydrogens (primary N) is 2. The molecule has 0 radical (unpaired) electrons. The molecule has 4 N–H and O–H groups in total. The molecule has 1 aromatic heterocycles. The standard InChI is InChI=1S/C15H24N4O/c1-10(2)9-19(11-5-3-4-6-11)15-12(16)7-8-13(18-15)14(17)20/h7-8,10-11H,3-6,9,16H2,1-2H3,(H2,17,20). The molecule has 1 heterocycles. The Bertz CT molecular complexity index is 481. The highest BCUT2D eigenvalue weighted by molar-refractivity contribution is 5.91. The number of rotatable bonds is 5. The van der Waals surface area contributed by atoms with E-state index in [9.17, 15) is 4.79 Å². The van der Waals surface area contributed by atoms with E-state index in [2.05, 4.69) is 23.7 Å². The zero-order valence-electron chi connectivity index (χ0n) is 12.3. The molecule has 0 aliphatic heterocycles. The lowest BCUT2D eigenvalue weighted by molar-refractivity contribution is 0.0995. The van der Waals surface area contributed by atoms with Gasteiger partial charge in [-0.05, 0) is 30.9 Å². The fraction of sp³-hybridized carbons (Fsp3) is 0.600. The lowest BCUT2D eigenvalue weighted by Crippen LogP contribution is -2.37. The quantitative estimate of drug-likeness (QED) is 0.863. The van der Waals surface area contributed by atoms with E-state index in [4.69, 9.17) is 11.5 Å². The van der Waals surface area contributed by atoms with Gasteiger partial charge in [0.1, 0.15) is 5.69 Å². The predicted octanol–water partition coefficient (Wildman–Crippen LogP) is 2.17. The smallest absolute Gasteiger partial charge is 0.267 e. The van der Waals surface area contributed by atoms with E-state index < -0.39 is 5.91 Å². The summed E-state index contributed by atoms with van der Waals surface area (Å²) in [5.41, 5.74) is 12.3. The van der Waals surface area contributed by atoms with Gasteiger partial charge in [-0.1, -0.05) is 26.7 Å². The second kappa shape index (κ2) is 6.11. The van der Waals surface area contributed by atoms with E-state index in [-0.39, 0.29) is 5.69 Å². The molecule has 0 saturated heterocycles. The summed E-state index contributed by atoms with van der Waals surface area (Å²) >= 11 is 0. The second-order valence-electron chi connectivity index (χ2n) is 5.96. The van der Waals surface area contributed by atoms with E-state index in [0.29, 0.717) is 23.5 Å². The van der Waals surface area contributed by atoms with Crippen LogP contribution in [0.5, 0.6) is 0 Å². The number of hydrogen-bond donors (Lipinski definition) is 2. The van der Waals surface area contributed by atoms with Gasteiger partial charge in [-0.2, -0.15) is 0 Å². The molecule has 1 saturated carbocycles. The molecular formula is C15H24N4O. The number of nitrogens with zero attached hydrogens (tertiary/aromatic N) is 2. The third kappa shape index (κ3) is 3.21. The summed E-state index contributed by atoms with van der Waals surface area (Å²) < 4.78 is 0. The molecule has 1 fully saturated rings. The molecule has 0 aromatic carbocycles. The van der Waals surface area contributed by atoms with E-state index in [1.165, 1.54) is 12.8 Å². The first-order chi connectivity index (χ1) is 9.49. The lowest BCUT2D eigenvalue weighted by Gasteiger charge is -2.32. The maximum atomic E-state index is 11.3. The van der Waals surface area contributed by atoms with Crippen molar-refractivity contribution in [1.82, 2.24) is 4.98 Å². The highest BCUT2D eigenvalue weighted by Gasteiger charge is 2.26. The van der Waals surface area contributed by atoms with Crippen molar-refractivity contribution in [2.75, 3.05) is 17.2 Å². The van der Waals surface area contributed by atoms with Crippen molar-refractivity contribution < 1.29 is 4.79 Å². The van der Waals surface area contributed by atoms with Crippen molar-refractivity contribution in [2.24, 2.45) is 11.7 Å². The highest BCUT2D eigenvalue weighted by atomic mass is 16.1. The lowest BCUT2D eigenvalue weighted by atomic mass is 10.1. The number of hydrogen-bond acceptors (Lipinski definition) is 4. The SMILES string of the molecule is CC(C)CN(c1nc(C(N)=O)ccc1N)C1CCCC1. The van der Waals surface area contributed by atoms with Crippen molar-refractivity contribution in [3.8, 4) is 0 Å². The molecule has 110 valence electrons. The maximum Gasteiger partial charge on any atom is 0.267 e. The number of pyridine rings is 1. The van der Waals surface area contributed by atoms with Gasteiger partial charge in [-0.3, -0.25) is 4.79 Å². The van der Waals surface area contributed by atoms with Crippen LogP contribution >= 0.6 is 0 Å². The van der Waals surface area contributed by atoms with Gasteiger partial charge in [-0.15, -0.1) is 0 Å². The fourth-order valence-electron chi connectivity index (χ4n) is 2.84. The summed E-state index contributed by atoms with van der Waals surface area (Å²) in [5, 5.41) is 0. The second-order valence-corrected chi connectivity index (χ2v) is 5.96. The number of carbonyl (C=O) groups is 1. The van der Waals surface area contributed by atoms with Gasteiger partial charge < -0.3 is 16.4 Å². The third-order valence-electron chi connectivity index (χ3n) is 3.76. The maximum absolute atomic E-state index is 11.3. The number of primary amides is 1. The molecule has 1 aliphatic rings. The predicted molar refractivity (Wildman–Crippen MR) is 81.6 cm³/mol. The van der Waals surface area contributed by atoms with Crippen LogP contribution in [0.25, 0.3) is 0 Å². The van der Waals surface area contributed by atoms with Gasteiger partial charge in [0, 0.05) is 12.6 Å². The summed E-state index contributed by atoms with van der Waals surface area (Å²) in [6.07, 6.45) is 4.81. The topological polar surface area (TPSA) is 85.2 Å². The Hall–Kier alpha value is -1.78. The Labute approximate surface area is 120 Å². The number of carbonyl (C=O) groups excluding carboxylic acids is 1. The highest BCUT2D eigenvalue weighted by Crippen LogP contribution is 2.31. The number of amides is 1. The molecule has 5 heteroatoms. The molecule has 0 unspecified atom stereocenters. The molecule has 20 heavy (non-hydrogen) atoms. The van der Waals surface area contributed by atoms with E-state index in [0.717, 1.165) is 19.4 Å². The van der Waals surface area contributed by atoms with Crippen molar-refractivity contribution in [2.45, 2.75) is 45.6 Å². The number of aromatic nitrogens is 1. The molecule has 0 bridgehead atoms. The molecule has 2 rings (SSSR count). The molecule has 1 aromatic rings. The minimum atomic E-state index is -0.512. The average Bonchev–Trinajstić information content (AvgIpc) is 2.90. The summed E-state index contributed by atoms with van der Waals surface area (Å²) in [5.74, 6) is 0.707. The molecular weight excluding hydrogens is 252 g/mol. The molecule has 1 amide bonds. The molecule has 0 atom stereocenters. The summed E-state index contributed by atoms with van der Waals surface area (Å²) in [6, 6.07) is 3.78. The van der Waals surface area contributed by atoms with E-state index in [1.807, 2.05) is 0 Å². The first kappa shape index (κ1) is 14.6. The molecule has 5 nitrogen and oxygen atoms in total. The van der Waals surface area contributed by atoms with Crippen LogP contribution in [0.15, 0.2) is 12.1 Å². The van der Waals surface area contributed by atoms with Crippen LogP contribution in [0.1, 0.15) is 50.0 Å².